The second-order valence-electron chi connectivity index (χ2n) is 7.34. The third-order valence-electron chi connectivity index (χ3n) is 4.71. The lowest BCUT2D eigenvalue weighted by Gasteiger charge is -2.15. The molecule has 3 rings (SSSR count). The van der Waals surface area contributed by atoms with Gasteiger partial charge in [-0.1, -0.05) is 0 Å². The Balaban J connectivity index is 1.68. The molecule has 0 saturated carbocycles. The van der Waals surface area contributed by atoms with Crippen LogP contribution in [0.15, 0.2) is 47.7 Å². The Kier molecular flexibility index (Phi) is 6.34. The molecule has 1 aromatic carbocycles. The van der Waals surface area contributed by atoms with Gasteiger partial charge in [-0.25, -0.2) is 14.5 Å². The maximum absolute atomic E-state index is 13.0. The predicted molar refractivity (Wildman–Crippen MR) is 114 cm³/mol. The molecule has 1 amide bonds. The van der Waals surface area contributed by atoms with E-state index in [0.717, 1.165) is 22.8 Å². The van der Waals surface area contributed by atoms with Gasteiger partial charge in [0.15, 0.2) is 6.10 Å². The van der Waals surface area contributed by atoms with Crippen molar-refractivity contribution in [3.05, 3.63) is 65.4 Å². The number of benzene rings is 1. The molecule has 1 N–H and O–H groups in total. The summed E-state index contributed by atoms with van der Waals surface area (Å²) < 4.78 is 22.5. The number of nitrogens with zero attached hydrogens (tertiary/aromatic N) is 4. The van der Waals surface area contributed by atoms with Gasteiger partial charge in [0.2, 0.25) is 0 Å². The van der Waals surface area contributed by atoms with Gasteiger partial charge in [-0.2, -0.15) is 10.2 Å². The van der Waals surface area contributed by atoms with Crippen LogP contribution in [0.1, 0.15) is 43.8 Å². The van der Waals surface area contributed by atoms with Crippen LogP contribution in [0.3, 0.4) is 0 Å². The third kappa shape index (κ3) is 4.59. The topological polar surface area (TPSA) is 73.4 Å². The van der Waals surface area contributed by atoms with Gasteiger partial charge in [-0.15, -0.1) is 0 Å². The Labute approximate surface area is 175 Å². The van der Waals surface area contributed by atoms with Crippen LogP contribution in [0.2, 0.25) is 0 Å². The molecular formula is C22H26FN5O2. The normalized spacial score (nSPS) is 12.5. The molecule has 8 heteroatoms. The molecular weight excluding hydrogens is 385 g/mol. The summed E-state index contributed by atoms with van der Waals surface area (Å²) in [6.45, 7) is 9.77. The minimum Gasteiger partial charge on any atom is -0.481 e. The number of aromatic nitrogens is 3. The fourth-order valence-corrected chi connectivity index (χ4v) is 3.18. The van der Waals surface area contributed by atoms with Gasteiger partial charge >= 0.3 is 0 Å². The fraction of sp³-hybridized carbons (Fsp3) is 0.318. The second-order valence-corrected chi connectivity index (χ2v) is 7.34. The maximum atomic E-state index is 13.0. The Morgan fingerprint density at radius 3 is 2.57 bits per heavy atom. The van der Waals surface area contributed by atoms with E-state index in [2.05, 4.69) is 34.0 Å². The van der Waals surface area contributed by atoms with Crippen molar-refractivity contribution in [3.63, 3.8) is 0 Å². The summed E-state index contributed by atoms with van der Waals surface area (Å²) in [7, 11) is 0. The molecule has 0 fully saturated rings. The smallest absolute Gasteiger partial charge is 0.280 e. The summed E-state index contributed by atoms with van der Waals surface area (Å²) in [5, 5.41) is 8.47. The van der Waals surface area contributed by atoms with Crippen LogP contribution in [-0.2, 0) is 4.79 Å². The van der Waals surface area contributed by atoms with Gasteiger partial charge in [-0.05, 0) is 65.0 Å². The molecule has 158 valence electrons. The number of carbonyl (C=O) groups excluding carboxylic acids is 1. The number of nitrogens with one attached hydrogen (secondary N) is 1. The SMILES string of the molecule is Cc1cc(/C=N\NC(=O)[C@H](C)Oc2ccc(F)cc2)c(C)n1-c1ccnn1C(C)C. The molecule has 7 nitrogen and oxygen atoms in total. The summed E-state index contributed by atoms with van der Waals surface area (Å²) >= 11 is 0. The predicted octanol–water partition coefficient (Wildman–Crippen LogP) is 3.93. The molecule has 3 aromatic rings. The summed E-state index contributed by atoms with van der Waals surface area (Å²) in [5.41, 5.74) is 5.40. The van der Waals surface area contributed by atoms with Crippen molar-refractivity contribution < 1.29 is 13.9 Å². The van der Waals surface area contributed by atoms with E-state index in [1.807, 2.05) is 30.7 Å². The summed E-state index contributed by atoms with van der Waals surface area (Å²) in [5.74, 6) is 0.624. The number of hydrogen-bond donors (Lipinski definition) is 1. The summed E-state index contributed by atoms with van der Waals surface area (Å²) in [4.78, 5) is 12.2. The second kappa shape index (κ2) is 8.94. The van der Waals surface area contributed by atoms with E-state index in [9.17, 15) is 9.18 Å². The number of aryl methyl sites for hydroxylation is 1. The zero-order valence-electron chi connectivity index (χ0n) is 17.8. The first kappa shape index (κ1) is 21.3. The molecule has 2 heterocycles. The van der Waals surface area contributed by atoms with E-state index in [1.54, 1.807) is 19.3 Å². The first-order valence-electron chi connectivity index (χ1n) is 9.76. The van der Waals surface area contributed by atoms with E-state index in [4.69, 9.17) is 4.74 Å². The Hall–Kier alpha value is -3.42. The van der Waals surface area contributed by atoms with E-state index in [0.29, 0.717) is 5.75 Å². The molecule has 0 saturated heterocycles. The van der Waals surface area contributed by atoms with Crippen LogP contribution in [0.5, 0.6) is 5.75 Å². The first-order chi connectivity index (χ1) is 14.3. The maximum Gasteiger partial charge on any atom is 0.280 e. The minimum atomic E-state index is -0.777. The van der Waals surface area contributed by atoms with Crippen molar-refractivity contribution in [3.8, 4) is 11.6 Å². The van der Waals surface area contributed by atoms with Crippen molar-refractivity contribution >= 4 is 12.1 Å². The standard InChI is InChI=1S/C22H26FN5O2/c1-14(2)28-21(10-11-25-28)27-15(3)12-18(16(27)4)13-24-26-22(29)17(5)30-20-8-6-19(23)7-9-20/h6-14,17H,1-5H3,(H,26,29)/b24-13-/t17-/m0/s1. The Morgan fingerprint density at radius 2 is 1.90 bits per heavy atom. The zero-order valence-corrected chi connectivity index (χ0v) is 17.8. The highest BCUT2D eigenvalue weighted by molar-refractivity contribution is 5.85. The summed E-state index contributed by atoms with van der Waals surface area (Å²) in [6, 6.07) is 9.70. The van der Waals surface area contributed by atoms with Crippen molar-refractivity contribution in [1.82, 2.24) is 19.8 Å². The van der Waals surface area contributed by atoms with E-state index < -0.39 is 12.0 Å². The van der Waals surface area contributed by atoms with Crippen LogP contribution in [-0.4, -0.2) is 32.6 Å². The number of amides is 1. The number of hydrazone groups is 1. The number of carbonyl (C=O) groups is 1. The minimum absolute atomic E-state index is 0.232. The molecule has 30 heavy (non-hydrogen) atoms. The highest BCUT2D eigenvalue weighted by Crippen LogP contribution is 2.21. The van der Waals surface area contributed by atoms with Crippen LogP contribution in [0.25, 0.3) is 5.82 Å². The number of ether oxygens (including phenoxy) is 1. The van der Waals surface area contributed by atoms with Crippen LogP contribution >= 0.6 is 0 Å². The zero-order chi connectivity index (χ0) is 21.8. The lowest BCUT2D eigenvalue weighted by Crippen LogP contribution is -2.33. The van der Waals surface area contributed by atoms with Crippen molar-refractivity contribution in [2.75, 3.05) is 0 Å². The Morgan fingerprint density at radius 1 is 1.20 bits per heavy atom. The van der Waals surface area contributed by atoms with Gasteiger partial charge in [-0.3, -0.25) is 4.79 Å². The van der Waals surface area contributed by atoms with Gasteiger partial charge < -0.3 is 9.30 Å². The monoisotopic (exact) mass is 411 g/mol. The number of rotatable bonds is 7. The lowest BCUT2D eigenvalue weighted by molar-refractivity contribution is -0.127. The molecule has 0 aliphatic carbocycles. The van der Waals surface area contributed by atoms with Gasteiger partial charge in [0.25, 0.3) is 5.91 Å². The molecule has 2 aromatic heterocycles. The van der Waals surface area contributed by atoms with Crippen molar-refractivity contribution in [2.24, 2.45) is 5.10 Å². The first-order valence-corrected chi connectivity index (χ1v) is 9.76. The molecule has 0 aliphatic rings. The molecule has 0 unspecified atom stereocenters. The van der Waals surface area contributed by atoms with Crippen LogP contribution in [0.4, 0.5) is 4.39 Å². The van der Waals surface area contributed by atoms with Crippen LogP contribution < -0.4 is 10.2 Å². The van der Waals surface area contributed by atoms with Crippen molar-refractivity contribution in [1.29, 1.82) is 0 Å². The number of hydrogen-bond acceptors (Lipinski definition) is 4. The number of halogens is 1. The highest BCUT2D eigenvalue weighted by atomic mass is 19.1. The fourth-order valence-electron chi connectivity index (χ4n) is 3.18. The van der Waals surface area contributed by atoms with Crippen molar-refractivity contribution in [2.45, 2.75) is 46.8 Å². The van der Waals surface area contributed by atoms with Gasteiger partial charge in [0.1, 0.15) is 17.4 Å². The molecule has 0 aliphatic heterocycles. The average molecular weight is 411 g/mol. The van der Waals surface area contributed by atoms with Gasteiger partial charge in [0.05, 0.1) is 12.4 Å². The molecule has 1 atom stereocenters. The molecule has 0 radical (unpaired) electrons. The quantitative estimate of drug-likeness (QED) is 0.473. The highest BCUT2D eigenvalue weighted by Gasteiger charge is 2.16. The van der Waals surface area contributed by atoms with E-state index in [-0.39, 0.29) is 11.9 Å². The largest absolute Gasteiger partial charge is 0.481 e. The lowest BCUT2D eigenvalue weighted by atomic mass is 10.3. The average Bonchev–Trinajstić information content (AvgIpc) is 3.28. The van der Waals surface area contributed by atoms with E-state index in [1.165, 1.54) is 24.3 Å². The molecule has 0 spiro atoms. The van der Waals surface area contributed by atoms with Crippen LogP contribution in [0, 0.1) is 19.7 Å². The summed E-state index contributed by atoms with van der Waals surface area (Å²) in [6.07, 6.45) is 2.61. The van der Waals surface area contributed by atoms with E-state index >= 15 is 0 Å². The van der Waals surface area contributed by atoms with Gasteiger partial charge in [0, 0.05) is 29.1 Å². The Bertz CT molecular complexity index is 1050. The molecule has 0 bridgehead atoms. The third-order valence-corrected chi connectivity index (χ3v) is 4.71.